The Morgan fingerprint density at radius 2 is 2.15 bits per heavy atom. The fourth-order valence-electron chi connectivity index (χ4n) is 3.30. The third kappa shape index (κ3) is 3.91. The summed E-state index contributed by atoms with van der Waals surface area (Å²) in [5.41, 5.74) is -0.213. The lowest BCUT2D eigenvalue weighted by Gasteiger charge is -2.43. The molecule has 0 bridgehead atoms. The SMILES string of the molecule is CC(=O)NC1CC(O)(CNC(=O)c2cc(N3CCNC3=O)ccc2Cl)C1. The molecule has 3 rings (SSSR count). The zero-order valence-electron chi connectivity index (χ0n) is 14.3. The highest BCUT2D eigenvalue weighted by Gasteiger charge is 2.43. The lowest BCUT2D eigenvalue weighted by molar-refractivity contribution is -0.123. The van der Waals surface area contributed by atoms with E-state index in [1.54, 1.807) is 18.2 Å². The molecule has 0 spiro atoms. The zero-order chi connectivity index (χ0) is 18.9. The molecule has 1 aliphatic heterocycles. The Balaban J connectivity index is 1.61. The summed E-state index contributed by atoms with van der Waals surface area (Å²) in [6.45, 7) is 2.55. The van der Waals surface area contributed by atoms with Crippen LogP contribution in [-0.2, 0) is 4.79 Å². The minimum absolute atomic E-state index is 0.0622. The normalized spacial score (nSPS) is 24.7. The number of urea groups is 1. The fourth-order valence-corrected chi connectivity index (χ4v) is 3.51. The summed E-state index contributed by atoms with van der Waals surface area (Å²) >= 11 is 6.12. The first-order valence-corrected chi connectivity index (χ1v) is 8.78. The van der Waals surface area contributed by atoms with Gasteiger partial charge in [0.05, 0.1) is 16.2 Å². The summed E-state index contributed by atoms with van der Waals surface area (Å²) in [5.74, 6) is -0.566. The van der Waals surface area contributed by atoms with Gasteiger partial charge in [0.15, 0.2) is 0 Å². The van der Waals surface area contributed by atoms with Crippen LogP contribution in [0.5, 0.6) is 0 Å². The number of rotatable bonds is 5. The Morgan fingerprint density at radius 1 is 1.42 bits per heavy atom. The molecule has 9 heteroatoms. The zero-order valence-corrected chi connectivity index (χ0v) is 15.1. The predicted octanol–water partition coefficient (Wildman–Crippen LogP) is 0.629. The van der Waals surface area contributed by atoms with Crippen molar-refractivity contribution >= 4 is 35.1 Å². The molecule has 1 saturated carbocycles. The van der Waals surface area contributed by atoms with E-state index in [9.17, 15) is 19.5 Å². The molecular weight excluding hydrogens is 360 g/mol. The van der Waals surface area contributed by atoms with Crippen LogP contribution >= 0.6 is 11.6 Å². The van der Waals surface area contributed by atoms with Crippen LogP contribution in [0, 0.1) is 0 Å². The van der Waals surface area contributed by atoms with Crippen LogP contribution in [0.15, 0.2) is 18.2 Å². The van der Waals surface area contributed by atoms with Crippen LogP contribution < -0.4 is 20.9 Å². The van der Waals surface area contributed by atoms with Gasteiger partial charge in [-0.3, -0.25) is 14.5 Å². The summed E-state index contributed by atoms with van der Waals surface area (Å²) in [7, 11) is 0. The Bertz CT molecular complexity index is 748. The Hall–Kier alpha value is -2.32. The first kappa shape index (κ1) is 18.5. The van der Waals surface area contributed by atoms with E-state index in [2.05, 4.69) is 16.0 Å². The number of anilines is 1. The van der Waals surface area contributed by atoms with Crippen molar-refractivity contribution in [3.63, 3.8) is 0 Å². The molecule has 26 heavy (non-hydrogen) atoms. The molecule has 2 fully saturated rings. The second kappa shape index (κ2) is 7.13. The van der Waals surface area contributed by atoms with E-state index in [-0.39, 0.29) is 35.1 Å². The molecule has 1 aliphatic carbocycles. The van der Waals surface area contributed by atoms with Gasteiger partial charge in [-0.15, -0.1) is 0 Å². The van der Waals surface area contributed by atoms with E-state index >= 15 is 0 Å². The Morgan fingerprint density at radius 3 is 2.77 bits per heavy atom. The standard InChI is InChI=1S/C17H21ClN4O4/c1-10(23)21-11-7-17(26,8-11)9-20-15(24)13-6-12(2-3-14(13)18)22-5-4-19-16(22)25/h2-3,6,11,26H,4-5,7-9H2,1H3,(H,19,25)(H,20,24)(H,21,23). The van der Waals surface area contributed by atoms with Gasteiger partial charge in [-0.1, -0.05) is 11.6 Å². The molecule has 8 nitrogen and oxygen atoms in total. The highest BCUT2D eigenvalue weighted by atomic mass is 35.5. The van der Waals surface area contributed by atoms with Gasteiger partial charge in [-0.25, -0.2) is 4.79 Å². The number of hydrogen-bond acceptors (Lipinski definition) is 4. The van der Waals surface area contributed by atoms with Gasteiger partial charge in [-0.2, -0.15) is 0 Å². The van der Waals surface area contributed by atoms with Crippen LogP contribution in [0.2, 0.25) is 5.02 Å². The summed E-state index contributed by atoms with van der Waals surface area (Å²) in [5, 5.41) is 18.7. The maximum absolute atomic E-state index is 12.5. The van der Waals surface area contributed by atoms with Crippen molar-refractivity contribution in [2.75, 3.05) is 24.5 Å². The minimum Gasteiger partial charge on any atom is -0.388 e. The monoisotopic (exact) mass is 380 g/mol. The van der Waals surface area contributed by atoms with Crippen LogP contribution in [0.3, 0.4) is 0 Å². The van der Waals surface area contributed by atoms with Crippen molar-refractivity contribution in [1.29, 1.82) is 0 Å². The van der Waals surface area contributed by atoms with Crippen molar-refractivity contribution in [1.82, 2.24) is 16.0 Å². The third-order valence-electron chi connectivity index (χ3n) is 4.60. The average molecular weight is 381 g/mol. The molecular formula is C17H21ClN4O4. The highest BCUT2D eigenvalue weighted by molar-refractivity contribution is 6.34. The van der Waals surface area contributed by atoms with E-state index in [1.165, 1.54) is 11.8 Å². The summed E-state index contributed by atoms with van der Waals surface area (Å²) in [6.07, 6.45) is 0.767. The van der Waals surface area contributed by atoms with E-state index in [4.69, 9.17) is 11.6 Å². The maximum Gasteiger partial charge on any atom is 0.321 e. The van der Waals surface area contributed by atoms with Crippen LogP contribution in [0.1, 0.15) is 30.1 Å². The van der Waals surface area contributed by atoms with Gasteiger partial charge in [-0.05, 0) is 31.0 Å². The molecule has 1 saturated heterocycles. The smallest absolute Gasteiger partial charge is 0.321 e. The van der Waals surface area contributed by atoms with E-state index in [0.29, 0.717) is 31.6 Å². The minimum atomic E-state index is -1.04. The number of benzene rings is 1. The second-order valence-electron chi connectivity index (χ2n) is 6.76. The highest BCUT2D eigenvalue weighted by Crippen LogP contribution is 2.32. The molecule has 0 radical (unpaired) electrons. The van der Waals surface area contributed by atoms with Crippen molar-refractivity contribution in [2.24, 2.45) is 0 Å². The number of carbonyl (C=O) groups excluding carboxylic acids is 3. The van der Waals surface area contributed by atoms with Crippen molar-refractivity contribution in [3.05, 3.63) is 28.8 Å². The van der Waals surface area contributed by atoms with Crippen molar-refractivity contribution in [3.8, 4) is 0 Å². The Kier molecular flexibility index (Phi) is 5.06. The number of nitrogens with one attached hydrogen (secondary N) is 3. The molecule has 1 heterocycles. The van der Waals surface area contributed by atoms with Crippen LogP contribution in [0.4, 0.5) is 10.5 Å². The summed E-state index contributed by atoms with van der Waals surface area (Å²) in [6, 6.07) is 4.53. The number of halogens is 1. The largest absolute Gasteiger partial charge is 0.388 e. The lowest BCUT2D eigenvalue weighted by atomic mass is 9.75. The molecule has 0 atom stereocenters. The van der Waals surface area contributed by atoms with Gasteiger partial charge in [0, 0.05) is 38.3 Å². The molecule has 4 amide bonds. The maximum atomic E-state index is 12.5. The first-order chi connectivity index (χ1) is 12.3. The summed E-state index contributed by atoms with van der Waals surface area (Å²) < 4.78 is 0. The number of amides is 4. The lowest BCUT2D eigenvalue weighted by Crippen LogP contribution is -2.59. The number of hydrogen-bond donors (Lipinski definition) is 4. The Labute approximate surface area is 155 Å². The van der Waals surface area contributed by atoms with Gasteiger partial charge in [0.1, 0.15) is 0 Å². The number of carbonyl (C=O) groups is 3. The molecule has 1 aromatic carbocycles. The number of nitrogens with zero attached hydrogens (tertiary/aromatic N) is 1. The van der Waals surface area contributed by atoms with E-state index < -0.39 is 11.5 Å². The molecule has 4 N–H and O–H groups in total. The van der Waals surface area contributed by atoms with E-state index in [1.807, 2.05) is 0 Å². The van der Waals surface area contributed by atoms with Gasteiger partial charge >= 0.3 is 6.03 Å². The van der Waals surface area contributed by atoms with Crippen LogP contribution in [0.25, 0.3) is 0 Å². The molecule has 2 aliphatic rings. The van der Waals surface area contributed by atoms with Gasteiger partial charge < -0.3 is 21.1 Å². The fraction of sp³-hybridized carbons (Fsp3) is 0.471. The van der Waals surface area contributed by atoms with E-state index in [0.717, 1.165) is 0 Å². The van der Waals surface area contributed by atoms with Crippen molar-refractivity contribution < 1.29 is 19.5 Å². The van der Waals surface area contributed by atoms with Crippen molar-refractivity contribution in [2.45, 2.75) is 31.4 Å². The quantitative estimate of drug-likeness (QED) is 0.600. The molecule has 0 unspecified atom stereocenters. The predicted molar refractivity (Wildman–Crippen MR) is 96.3 cm³/mol. The third-order valence-corrected chi connectivity index (χ3v) is 4.93. The summed E-state index contributed by atoms with van der Waals surface area (Å²) in [4.78, 5) is 36.8. The molecule has 0 aromatic heterocycles. The first-order valence-electron chi connectivity index (χ1n) is 8.40. The van der Waals surface area contributed by atoms with Crippen LogP contribution in [-0.4, -0.2) is 54.2 Å². The topological polar surface area (TPSA) is 111 Å². The molecule has 1 aromatic rings. The van der Waals surface area contributed by atoms with Gasteiger partial charge in [0.2, 0.25) is 5.91 Å². The molecule has 140 valence electrons. The average Bonchev–Trinajstić information content (AvgIpc) is 2.97. The van der Waals surface area contributed by atoms with Gasteiger partial charge in [0.25, 0.3) is 5.91 Å². The second-order valence-corrected chi connectivity index (χ2v) is 7.17. The number of aliphatic hydroxyl groups is 1.